The SMILES string of the molecule is CCC(=O)C(C)C(F)(F)C(F)(F)C(F)(F)F. The third-order valence-corrected chi connectivity index (χ3v) is 2.15. The van der Waals surface area contributed by atoms with Crippen molar-refractivity contribution >= 4 is 5.78 Å². The van der Waals surface area contributed by atoms with E-state index in [0.717, 1.165) is 6.92 Å². The van der Waals surface area contributed by atoms with Crippen molar-refractivity contribution in [2.45, 2.75) is 38.3 Å². The summed E-state index contributed by atoms with van der Waals surface area (Å²) in [5, 5.41) is 0. The Hall–Kier alpha value is -0.820. The number of ketones is 1. The molecule has 1 atom stereocenters. The molecule has 0 spiro atoms. The van der Waals surface area contributed by atoms with Crippen LogP contribution in [0.25, 0.3) is 0 Å². The fourth-order valence-electron chi connectivity index (χ4n) is 0.969. The molecular formula is C8H9F7O. The van der Waals surface area contributed by atoms with Crippen LogP contribution >= 0.6 is 0 Å². The molecular weight excluding hydrogens is 245 g/mol. The number of hydrogen-bond acceptors (Lipinski definition) is 1. The van der Waals surface area contributed by atoms with Gasteiger partial charge in [-0.05, 0) is 6.92 Å². The summed E-state index contributed by atoms with van der Waals surface area (Å²) >= 11 is 0. The van der Waals surface area contributed by atoms with Crippen molar-refractivity contribution in [3.63, 3.8) is 0 Å². The number of rotatable bonds is 4. The van der Waals surface area contributed by atoms with Crippen LogP contribution in [-0.4, -0.2) is 23.8 Å². The van der Waals surface area contributed by atoms with Crippen LogP contribution < -0.4 is 0 Å². The lowest BCUT2D eigenvalue weighted by Crippen LogP contribution is -2.56. The Morgan fingerprint density at radius 3 is 1.69 bits per heavy atom. The zero-order chi connectivity index (χ0) is 13.4. The molecule has 0 rings (SSSR count). The molecule has 0 amide bonds. The first-order valence-corrected chi connectivity index (χ1v) is 4.24. The van der Waals surface area contributed by atoms with Crippen molar-refractivity contribution in [1.29, 1.82) is 0 Å². The van der Waals surface area contributed by atoms with Gasteiger partial charge in [0, 0.05) is 6.42 Å². The lowest BCUT2D eigenvalue weighted by Gasteiger charge is -2.31. The third kappa shape index (κ3) is 2.30. The van der Waals surface area contributed by atoms with Gasteiger partial charge in [-0.3, -0.25) is 4.79 Å². The highest BCUT2D eigenvalue weighted by molar-refractivity contribution is 5.81. The maximum absolute atomic E-state index is 12.8. The molecule has 1 unspecified atom stereocenters. The van der Waals surface area contributed by atoms with E-state index in [1.807, 2.05) is 0 Å². The quantitative estimate of drug-likeness (QED) is 0.702. The molecule has 0 bridgehead atoms. The predicted octanol–water partition coefficient (Wildman–Crippen LogP) is 3.43. The van der Waals surface area contributed by atoms with Crippen molar-refractivity contribution in [3.8, 4) is 0 Å². The van der Waals surface area contributed by atoms with Crippen molar-refractivity contribution in [3.05, 3.63) is 0 Å². The Kier molecular flexibility index (Phi) is 4.00. The minimum Gasteiger partial charge on any atom is -0.299 e. The number of carbonyl (C=O) groups excluding carboxylic acids is 1. The van der Waals surface area contributed by atoms with Crippen LogP contribution in [0.5, 0.6) is 0 Å². The largest absolute Gasteiger partial charge is 0.459 e. The Bertz CT molecular complexity index is 268. The lowest BCUT2D eigenvalue weighted by molar-refractivity contribution is -0.361. The summed E-state index contributed by atoms with van der Waals surface area (Å²) in [6.07, 6.45) is -6.93. The van der Waals surface area contributed by atoms with Crippen molar-refractivity contribution in [2.24, 2.45) is 5.92 Å². The molecule has 0 radical (unpaired) electrons. The highest BCUT2D eigenvalue weighted by Crippen LogP contribution is 2.50. The molecule has 0 aliphatic heterocycles. The van der Waals surface area contributed by atoms with Crippen LogP contribution in [0.2, 0.25) is 0 Å². The van der Waals surface area contributed by atoms with Crippen LogP contribution in [0, 0.1) is 5.92 Å². The fraction of sp³-hybridized carbons (Fsp3) is 0.875. The van der Waals surface area contributed by atoms with Crippen molar-refractivity contribution in [1.82, 2.24) is 0 Å². The topological polar surface area (TPSA) is 17.1 Å². The molecule has 0 fully saturated rings. The first-order chi connectivity index (χ1) is 6.89. The molecule has 0 aromatic heterocycles. The van der Waals surface area contributed by atoms with E-state index in [-0.39, 0.29) is 0 Å². The Morgan fingerprint density at radius 1 is 1.06 bits per heavy atom. The number of Topliss-reactive ketones (excluding diaryl/α,β-unsaturated/α-hetero) is 1. The van der Waals surface area contributed by atoms with Crippen LogP contribution in [0.4, 0.5) is 30.7 Å². The molecule has 1 nitrogen and oxygen atoms in total. The van der Waals surface area contributed by atoms with Crippen LogP contribution in [-0.2, 0) is 4.79 Å². The van der Waals surface area contributed by atoms with Crippen LogP contribution in [0.3, 0.4) is 0 Å². The number of carbonyl (C=O) groups is 1. The zero-order valence-corrected chi connectivity index (χ0v) is 8.34. The maximum Gasteiger partial charge on any atom is 0.459 e. The first-order valence-electron chi connectivity index (χ1n) is 4.24. The van der Waals surface area contributed by atoms with Crippen LogP contribution in [0.15, 0.2) is 0 Å². The van der Waals surface area contributed by atoms with E-state index >= 15 is 0 Å². The molecule has 0 aromatic rings. The van der Waals surface area contributed by atoms with Gasteiger partial charge in [-0.2, -0.15) is 30.7 Å². The summed E-state index contributed by atoms with van der Waals surface area (Å²) in [5.41, 5.74) is 0. The van der Waals surface area contributed by atoms with Gasteiger partial charge in [0.1, 0.15) is 5.78 Å². The van der Waals surface area contributed by atoms with Gasteiger partial charge >= 0.3 is 18.0 Å². The Labute approximate surface area is 86.6 Å². The van der Waals surface area contributed by atoms with Gasteiger partial charge in [-0.25, -0.2) is 0 Å². The monoisotopic (exact) mass is 254 g/mol. The van der Waals surface area contributed by atoms with E-state index in [1.165, 1.54) is 0 Å². The average molecular weight is 254 g/mol. The molecule has 0 saturated carbocycles. The second-order valence-corrected chi connectivity index (χ2v) is 3.24. The number of hydrogen-bond donors (Lipinski definition) is 0. The summed E-state index contributed by atoms with van der Waals surface area (Å²) in [6, 6.07) is 0. The number of halogens is 7. The first kappa shape index (κ1) is 15.2. The predicted molar refractivity (Wildman–Crippen MR) is 40.4 cm³/mol. The molecule has 16 heavy (non-hydrogen) atoms. The molecule has 8 heteroatoms. The van der Waals surface area contributed by atoms with Gasteiger partial charge < -0.3 is 0 Å². The van der Waals surface area contributed by atoms with Gasteiger partial charge in [-0.15, -0.1) is 0 Å². The van der Waals surface area contributed by atoms with Gasteiger partial charge in [0.25, 0.3) is 0 Å². The van der Waals surface area contributed by atoms with Gasteiger partial charge in [0.15, 0.2) is 0 Å². The number of alkyl halides is 7. The molecule has 0 saturated heterocycles. The van der Waals surface area contributed by atoms with Gasteiger partial charge in [0.2, 0.25) is 0 Å². The summed E-state index contributed by atoms with van der Waals surface area (Å²) in [4.78, 5) is 10.8. The van der Waals surface area contributed by atoms with E-state index in [2.05, 4.69) is 0 Å². The smallest absolute Gasteiger partial charge is 0.299 e. The van der Waals surface area contributed by atoms with E-state index in [1.54, 1.807) is 0 Å². The second-order valence-electron chi connectivity index (χ2n) is 3.24. The Morgan fingerprint density at radius 2 is 1.44 bits per heavy atom. The van der Waals surface area contributed by atoms with Crippen molar-refractivity contribution in [2.75, 3.05) is 0 Å². The summed E-state index contributed by atoms with van der Waals surface area (Å²) in [7, 11) is 0. The van der Waals surface area contributed by atoms with E-state index in [9.17, 15) is 35.5 Å². The molecule has 0 N–H and O–H groups in total. The molecule has 0 aliphatic carbocycles. The second kappa shape index (κ2) is 4.21. The minimum atomic E-state index is -6.39. The Balaban J connectivity index is 5.27. The fourth-order valence-corrected chi connectivity index (χ4v) is 0.969. The minimum absolute atomic E-state index is 0.353. The third-order valence-electron chi connectivity index (χ3n) is 2.15. The van der Waals surface area contributed by atoms with E-state index in [4.69, 9.17) is 0 Å². The van der Waals surface area contributed by atoms with Crippen molar-refractivity contribution < 1.29 is 35.5 Å². The van der Waals surface area contributed by atoms with E-state index < -0.39 is 36.1 Å². The summed E-state index contributed by atoms with van der Waals surface area (Å²) in [6.45, 7) is 1.45. The molecule has 96 valence electrons. The molecule has 0 aromatic carbocycles. The van der Waals surface area contributed by atoms with Crippen LogP contribution in [0.1, 0.15) is 20.3 Å². The molecule has 0 aliphatic rings. The maximum atomic E-state index is 12.8. The standard InChI is InChI=1S/C8H9F7O/c1-3-5(16)4(2)6(9,10)7(11,12)8(13,14)15/h4H,3H2,1-2H3. The van der Waals surface area contributed by atoms with E-state index in [0.29, 0.717) is 6.92 Å². The lowest BCUT2D eigenvalue weighted by atomic mass is 9.92. The highest BCUT2D eigenvalue weighted by atomic mass is 19.4. The molecule has 0 heterocycles. The zero-order valence-electron chi connectivity index (χ0n) is 8.34. The summed E-state index contributed by atoms with van der Waals surface area (Å²) < 4.78 is 85.7. The summed E-state index contributed by atoms with van der Waals surface area (Å²) in [5.74, 6) is -15.7. The highest BCUT2D eigenvalue weighted by Gasteiger charge is 2.75. The van der Waals surface area contributed by atoms with Gasteiger partial charge in [-0.1, -0.05) is 6.92 Å². The normalized spacial score (nSPS) is 16.1. The average Bonchev–Trinajstić information content (AvgIpc) is 2.13. The van der Waals surface area contributed by atoms with Gasteiger partial charge in [0.05, 0.1) is 5.92 Å².